The van der Waals surface area contributed by atoms with Crippen LogP contribution in [0, 0.1) is 0 Å². The van der Waals surface area contributed by atoms with Crippen molar-refractivity contribution in [2.75, 3.05) is 32.7 Å². The zero-order chi connectivity index (χ0) is 22.4. The van der Waals surface area contributed by atoms with E-state index in [4.69, 9.17) is 0 Å². The van der Waals surface area contributed by atoms with Crippen molar-refractivity contribution in [1.29, 1.82) is 0 Å². The fraction of sp³-hybridized carbons (Fsp3) is 0.391. The lowest BCUT2D eigenvalue weighted by molar-refractivity contribution is -0.123. The highest BCUT2D eigenvalue weighted by Gasteiger charge is 2.24. The minimum atomic E-state index is -3.48. The van der Waals surface area contributed by atoms with E-state index >= 15 is 0 Å². The minimum absolute atomic E-state index is 0.0119. The molecule has 2 aromatic rings. The van der Waals surface area contributed by atoms with Gasteiger partial charge in [0.2, 0.25) is 5.91 Å². The van der Waals surface area contributed by atoms with E-state index in [1.54, 1.807) is 59.5 Å². The Hall–Kier alpha value is -2.71. The lowest BCUT2D eigenvalue weighted by Crippen LogP contribution is -2.51. The molecule has 1 aliphatic heterocycles. The molecule has 2 amide bonds. The van der Waals surface area contributed by atoms with Gasteiger partial charge in [-0.15, -0.1) is 0 Å². The summed E-state index contributed by atoms with van der Waals surface area (Å²) in [5, 5.41) is 2.88. The van der Waals surface area contributed by atoms with Crippen LogP contribution in [0.4, 0.5) is 0 Å². The molecule has 0 aliphatic carbocycles. The Morgan fingerprint density at radius 3 is 2.29 bits per heavy atom. The first-order valence-electron chi connectivity index (χ1n) is 10.4. The number of carbonyl (C=O) groups excluding carboxylic acids is 2. The molecule has 0 saturated carbocycles. The first-order valence-corrected chi connectivity index (χ1v) is 12.1. The van der Waals surface area contributed by atoms with Crippen LogP contribution in [-0.4, -0.2) is 68.8 Å². The van der Waals surface area contributed by atoms with Crippen LogP contribution < -0.4 is 5.32 Å². The number of hydrogen-bond acceptors (Lipinski definition) is 5. The van der Waals surface area contributed by atoms with Crippen molar-refractivity contribution >= 4 is 21.7 Å². The summed E-state index contributed by atoms with van der Waals surface area (Å²) < 4.78 is 25.3. The molecule has 3 rings (SSSR count). The minimum Gasteiger partial charge on any atom is -0.353 e. The van der Waals surface area contributed by atoms with Crippen LogP contribution >= 0.6 is 0 Å². The summed E-state index contributed by atoms with van der Waals surface area (Å²) in [5.41, 5.74) is 1.06. The second-order valence-electron chi connectivity index (χ2n) is 8.06. The van der Waals surface area contributed by atoms with Crippen LogP contribution in [0.2, 0.25) is 0 Å². The van der Waals surface area contributed by atoms with Crippen molar-refractivity contribution < 1.29 is 18.0 Å². The highest BCUT2D eigenvalue weighted by atomic mass is 32.2. The summed E-state index contributed by atoms with van der Waals surface area (Å²) in [6.45, 7) is 6.48. The number of hydrogen-bond donors (Lipinski definition) is 1. The third kappa shape index (κ3) is 6.38. The molecule has 166 valence electrons. The van der Waals surface area contributed by atoms with E-state index in [0.29, 0.717) is 43.9 Å². The van der Waals surface area contributed by atoms with Crippen molar-refractivity contribution in [1.82, 2.24) is 15.1 Å². The highest BCUT2D eigenvalue weighted by molar-refractivity contribution is 7.90. The third-order valence-electron chi connectivity index (χ3n) is 5.11. The van der Waals surface area contributed by atoms with E-state index in [9.17, 15) is 18.0 Å². The molecule has 0 unspecified atom stereocenters. The first kappa shape index (κ1) is 23.0. The summed E-state index contributed by atoms with van der Waals surface area (Å²) in [5.74, 6) is -0.288. The first-order chi connectivity index (χ1) is 14.7. The number of rotatable bonds is 7. The van der Waals surface area contributed by atoms with E-state index in [1.165, 1.54) is 0 Å². The Morgan fingerprint density at radius 1 is 0.968 bits per heavy atom. The number of nitrogens with one attached hydrogen (secondary N) is 1. The fourth-order valence-corrected chi connectivity index (χ4v) is 4.94. The quantitative estimate of drug-likeness (QED) is 0.707. The van der Waals surface area contributed by atoms with Crippen molar-refractivity contribution in [3.63, 3.8) is 0 Å². The third-order valence-corrected chi connectivity index (χ3v) is 6.81. The molecule has 31 heavy (non-hydrogen) atoms. The molecule has 0 bridgehead atoms. The number of nitrogens with zero attached hydrogens (tertiary/aromatic N) is 2. The van der Waals surface area contributed by atoms with Gasteiger partial charge in [0.15, 0.2) is 9.84 Å². The molecular weight excluding hydrogens is 414 g/mol. The molecule has 1 heterocycles. The average molecular weight is 444 g/mol. The fourth-order valence-electron chi connectivity index (χ4n) is 3.59. The van der Waals surface area contributed by atoms with E-state index in [0.717, 1.165) is 0 Å². The monoisotopic (exact) mass is 443 g/mol. The maximum atomic E-state index is 12.9. The Bertz CT molecular complexity index is 1010. The van der Waals surface area contributed by atoms with Crippen LogP contribution in [0.15, 0.2) is 59.5 Å². The Morgan fingerprint density at radius 2 is 1.65 bits per heavy atom. The van der Waals surface area contributed by atoms with Crippen molar-refractivity contribution in [3.05, 3.63) is 65.7 Å². The SMILES string of the molecule is CC(C)NC(=O)CN1CCN(C(=O)c2cccc(CS(=O)(=O)c3ccccc3)c2)CC1. The number of carbonyl (C=O) groups is 2. The molecule has 1 fully saturated rings. The zero-order valence-electron chi connectivity index (χ0n) is 18.0. The lowest BCUT2D eigenvalue weighted by Gasteiger charge is -2.34. The maximum absolute atomic E-state index is 12.9. The molecule has 0 atom stereocenters. The molecule has 1 aliphatic rings. The molecule has 1 saturated heterocycles. The average Bonchev–Trinajstić information content (AvgIpc) is 2.74. The van der Waals surface area contributed by atoms with Crippen LogP contribution in [0.1, 0.15) is 29.8 Å². The lowest BCUT2D eigenvalue weighted by atomic mass is 10.1. The summed E-state index contributed by atoms with van der Waals surface area (Å²) in [7, 11) is -3.48. The van der Waals surface area contributed by atoms with Crippen molar-refractivity contribution in [3.8, 4) is 0 Å². The van der Waals surface area contributed by atoms with E-state index < -0.39 is 9.84 Å². The topological polar surface area (TPSA) is 86.8 Å². The van der Waals surface area contributed by atoms with E-state index in [-0.39, 0.29) is 28.5 Å². The molecule has 1 N–H and O–H groups in total. The molecular formula is C23H29N3O4S. The summed E-state index contributed by atoms with van der Waals surface area (Å²) in [6.07, 6.45) is 0. The summed E-state index contributed by atoms with van der Waals surface area (Å²) in [6, 6.07) is 15.2. The summed E-state index contributed by atoms with van der Waals surface area (Å²) >= 11 is 0. The molecule has 0 aromatic heterocycles. The van der Waals surface area contributed by atoms with Gasteiger partial charge in [-0.3, -0.25) is 14.5 Å². The van der Waals surface area contributed by atoms with Crippen molar-refractivity contribution in [2.24, 2.45) is 0 Å². The largest absolute Gasteiger partial charge is 0.353 e. The second kappa shape index (κ2) is 10.1. The number of amides is 2. The van der Waals surface area contributed by atoms with Gasteiger partial charge in [-0.1, -0.05) is 30.3 Å². The van der Waals surface area contributed by atoms with Gasteiger partial charge in [0, 0.05) is 37.8 Å². The van der Waals surface area contributed by atoms with Crippen LogP contribution in [-0.2, 0) is 20.4 Å². The predicted molar refractivity (Wildman–Crippen MR) is 119 cm³/mol. The van der Waals surface area contributed by atoms with Crippen LogP contribution in [0.5, 0.6) is 0 Å². The van der Waals surface area contributed by atoms with Gasteiger partial charge in [0.05, 0.1) is 17.2 Å². The summed E-state index contributed by atoms with van der Waals surface area (Å²) in [4.78, 5) is 28.9. The predicted octanol–water partition coefficient (Wildman–Crippen LogP) is 1.94. The molecule has 0 radical (unpaired) electrons. The zero-order valence-corrected chi connectivity index (χ0v) is 18.8. The second-order valence-corrected chi connectivity index (χ2v) is 10.1. The molecule has 0 spiro atoms. The van der Waals surface area contributed by atoms with Gasteiger partial charge >= 0.3 is 0 Å². The molecule has 7 nitrogen and oxygen atoms in total. The van der Waals surface area contributed by atoms with Crippen LogP contribution in [0.25, 0.3) is 0 Å². The normalized spacial score (nSPS) is 15.1. The number of sulfone groups is 1. The van der Waals surface area contributed by atoms with Gasteiger partial charge in [0.25, 0.3) is 5.91 Å². The van der Waals surface area contributed by atoms with Gasteiger partial charge in [-0.05, 0) is 43.7 Å². The van der Waals surface area contributed by atoms with Crippen molar-refractivity contribution in [2.45, 2.75) is 30.5 Å². The van der Waals surface area contributed by atoms with Crippen LogP contribution in [0.3, 0.4) is 0 Å². The Kier molecular flexibility index (Phi) is 7.46. The highest BCUT2D eigenvalue weighted by Crippen LogP contribution is 2.18. The van der Waals surface area contributed by atoms with Gasteiger partial charge in [-0.25, -0.2) is 8.42 Å². The number of piperazine rings is 1. The Balaban J connectivity index is 1.60. The Labute approximate surface area is 184 Å². The molecule has 8 heteroatoms. The van der Waals surface area contributed by atoms with Gasteiger partial charge in [-0.2, -0.15) is 0 Å². The van der Waals surface area contributed by atoms with E-state index in [2.05, 4.69) is 5.32 Å². The van der Waals surface area contributed by atoms with E-state index in [1.807, 2.05) is 18.7 Å². The smallest absolute Gasteiger partial charge is 0.253 e. The number of benzene rings is 2. The maximum Gasteiger partial charge on any atom is 0.253 e. The van der Waals surface area contributed by atoms with Gasteiger partial charge < -0.3 is 10.2 Å². The molecule has 2 aromatic carbocycles. The standard InChI is InChI=1S/C23H29N3O4S/c1-18(2)24-22(27)16-25-11-13-26(14-12-25)23(28)20-8-6-7-19(15-20)17-31(29,30)21-9-4-3-5-10-21/h3-10,15,18H,11-14,16-17H2,1-2H3,(H,24,27). The van der Waals surface area contributed by atoms with Gasteiger partial charge in [0.1, 0.15) is 0 Å².